The highest BCUT2D eigenvalue weighted by Crippen LogP contribution is 2.28. The molecule has 0 fully saturated rings. The van der Waals surface area contributed by atoms with E-state index in [0.717, 1.165) is 10.2 Å². The molecule has 0 saturated heterocycles. The number of carbonyl (C=O) groups excluding carboxylic acids is 2. The van der Waals surface area contributed by atoms with Crippen LogP contribution in [0.5, 0.6) is 11.5 Å². The Kier molecular flexibility index (Phi) is 6.68. The van der Waals surface area contributed by atoms with Crippen LogP contribution in [0.4, 0.5) is 0 Å². The maximum atomic E-state index is 12.8. The summed E-state index contributed by atoms with van der Waals surface area (Å²) in [5, 5.41) is 0. The maximum Gasteiger partial charge on any atom is 0.338 e. The van der Waals surface area contributed by atoms with Gasteiger partial charge >= 0.3 is 5.97 Å². The van der Waals surface area contributed by atoms with E-state index in [1.54, 1.807) is 43.3 Å². The first kappa shape index (κ1) is 21.3. The van der Waals surface area contributed by atoms with E-state index in [-0.39, 0.29) is 5.97 Å². The highest BCUT2D eigenvalue weighted by atomic mass is 32.1. The summed E-state index contributed by atoms with van der Waals surface area (Å²) in [5.41, 5.74) is 1.68. The Labute approximate surface area is 177 Å². The summed E-state index contributed by atoms with van der Waals surface area (Å²) in [7, 11) is 3.04. The smallest absolute Gasteiger partial charge is 0.338 e. The molecule has 0 aliphatic carbocycles. The Balaban J connectivity index is 2.08. The van der Waals surface area contributed by atoms with Crippen LogP contribution in [0.15, 0.2) is 54.0 Å². The van der Waals surface area contributed by atoms with Gasteiger partial charge in [-0.1, -0.05) is 17.4 Å². The number of carbonyl (C=O) groups is 2. The van der Waals surface area contributed by atoms with Crippen molar-refractivity contribution in [3.8, 4) is 11.5 Å². The minimum absolute atomic E-state index is 0.304. The number of rotatable bonds is 7. The molecule has 0 spiro atoms. The molecule has 3 rings (SSSR count). The highest BCUT2D eigenvalue weighted by molar-refractivity contribution is 7.16. The minimum atomic E-state index is -0.411. The van der Waals surface area contributed by atoms with Crippen molar-refractivity contribution in [1.82, 2.24) is 4.57 Å². The lowest BCUT2D eigenvalue weighted by molar-refractivity contribution is 0.0526. The topological polar surface area (TPSA) is 79.1 Å². The van der Waals surface area contributed by atoms with Gasteiger partial charge in [-0.2, -0.15) is 4.99 Å². The van der Waals surface area contributed by atoms with Crippen LogP contribution >= 0.6 is 11.3 Å². The fourth-order valence-electron chi connectivity index (χ4n) is 2.93. The number of ether oxygens (including phenoxy) is 3. The summed E-state index contributed by atoms with van der Waals surface area (Å²) in [5.74, 6) is 0.186. The van der Waals surface area contributed by atoms with Crippen molar-refractivity contribution in [2.45, 2.75) is 13.5 Å². The molecule has 0 saturated carbocycles. The van der Waals surface area contributed by atoms with Crippen molar-refractivity contribution in [1.29, 1.82) is 0 Å². The van der Waals surface area contributed by atoms with Crippen LogP contribution in [0.3, 0.4) is 0 Å². The predicted octanol–water partition coefficient (Wildman–Crippen LogP) is 3.82. The second kappa shape index (κ2) is 9.41. The van der Waals surface area contributed by atoms with E-state index in [1.807, 2.05) is 10.6 Å². The average molecular weight is 426 g/mol. The zero-order chi connectivity index (χ0) is 21.7. The summed E-state index contributed by atoms with van der Waals surface area (Å²) in [6.45, 7) is 6.32. The number of fused-ring (bicyclic) bond motifs is 1. The van der Waals surface area contributed by atoms with Gasteiger partial charge in [-0.15, -0.1) is 6.58 Å². The lowest BCUT2D eigenvalue weighted by Gasteiger charge is -2.07. The van der Waals surface area contributed by atoms with Crippen LogP contribution in [-0.2, 0) is 11.3 Å². The molecule has 30 heavy (non-hydrogen) atoms. The molecule has 0 bridgehead atoms. The van der Waals surface area contributed by atoms with Gasteiger partial charge in [0.15, 0.2) is 16.3 Å². The summed E-state index contributed by atoms with van der Waals surface area (Å²) >= 11 is 1.32. The molecule has 8 heteroatoms. The summed E-state index contributed by atoms with van der Waals surface area (Å²) in [6, 6.07) is 10.2. The first-order chi connectivity index (χ1) is 14.5. The second-order valence-electron chi connectivity index (χ2n) is 6.17. The van der Waals surface area contributed by atoms with Gasteiger partial charge in [0.2, 0.25) is 0 Å². The molecule has 1 aromatic heterocycles. The number of benzene rings is 2. The molecule has 7 nitrogen and oxygen atoms in total. The number of nitrogens with zero attached hydrogens (tertiary/aromatic N) is 2. The first-order valence-corrected chi connectivity index (χ1v) is 10.1. The predicted molar refractivity (Wildman–Crippen MR) is 115 cm³/mol. The number of hydrogen-bond acceptors (Lipinski definition) is 6. The Morgan fingerprint density at radius 3 is 2.50 bits per heavy atom. The van der Waals surface area contributed by atoms with E-state index in [0.29, 0.717) is 40.6 Å². The fourth-order valence-corrected chi connectivity index (χ4v) is 4.00. The first-order valence-electron chi connectivity index (χ1n) is 9.24. The third kappa shape index (κ3) is 4.28. The number of thiazole rings is 1. The van der Waals surface area contributed by atoms with Crippen LogP contribution in [0.25, 0.3) is 10.2 Å². The fraction of sp³-hybridized carbons (Fsp3) is 0.227. The van der Waals surface area contributed by atoms with E-state index in [2.05, 4.69) is 11.6 Å². The van der Waals surface area contributed by atoms with Gasteiger partial charge < -0.3 is 18.8 Å². The molecular weight excluding hydrogens is 404 g/mol. The van der Waals surface area contributed by atoms with Crippen LogP contribution < -0.4 is 14.3 Å². The Morgan fingerprint density at radius 2 is 1.83 bits per heavy atom. The second-order valence-corrected chi connectivity index (χ2v) is 7.18. The standard InChI is InChI=1S/C22H22N2O5S/c1-5-11-24-16-9-7-15(21(26)29-6-2)13-19(16)30-22(24)23-20(25)14-8-10-17(27-3)18(12-14)28-4/h5,7-10,12-13H,1,6,11H2,2-4H3. The molecule has 1 heterocycles. The number of esters is 1. The van der Waals surface area contributed by atoms with E-state index < -0.39 is 5.91 Å². The van der Waals surface area contributed by atoms with Gasteiger partial charge in [0, 0.05) is 12.1 Å². The SMILES string of the molecule is C=CCn1c(=NC(=O)c2ccc(OC)c(OC)c2)sc2cc(C(=O)OCC)ccc21. The van der Waals surface area contributed by atoms with Gasteiger partial charge in [0.25, 0.3) is 5.91 Å². The average Bonchev–Trinajstić information content (AvgIpc) is 3.09. The van der Waals surface area contributed by atoms with Crippen LogP contribution in [0.2, 0.25) is 0 Å². The van der Waals surface area contributed by atoms with Crippen molar-refractivity contribution >= 4 is 33.4 Å². The number of methoxy groups -OCH3 is 2. The van der Waals surface area contributed by atoms with E-state index >= 15 is 0 Å². The number of aromatic nitrogens is 1. The van der Waals surface area contributed by atoms with Gasteiger partial charge in [-0.3, -0.25) is 4.79 Å². The molecule has 3 aromatic rings. The van der Waals surface area contributed by atoms with Crippen molar-refractivity contribution in [2.24, 2.45) is 4.99 Å². The molecule has 0 atom stereocenters. The monoisotopic (exact) mass is 426 g/mol. The lowest BCUT2D eigenvalue weighted by Crippen LogP contribution is -2.16. The third-order valence-corrected chi connectivity index (χ3v) is 5.37. The zero-order valence-electron chi connectivity index (χ0n) is 17.0. The van der Waals surface area contributed by atoms with E-state index in [9.17, 15) is 9.59 Å². The highest BCUT2D eigenvalue weighted by Gasteiger charge is 2.14. The number of amides is 1. The minimum Gasteiger partial charge on any atom is -0.493 e. The molecule has 156 valence electrons. The van der Waals surface area contributed by atoms with Gasteiger partial charge in [0.1, 0.15) is 0 Å². The number of hydrogen-bond donors (Lipinski definition) is 0. The van der Waals surface area contributed by atoms with Crippen LogP contribution in [0.1, 0.15) is 27.6 Å². The Hall–Kier alpha value is -3.39. The van der Waals surface area contributed by atoms with Crippen LogP contribution in [0, 0.1) is 0 Å². The number of allylic oxidation sites excluding steroid dienone is 1. The summed E-state index contributed by atoms with van der Waals surface area (Å²) in [4.78, 5) is 29.7. The van der Waals surface area contributed by atoms with Gasteiger partial charge in [-0.05, 0) is 43.3 Å². The Morgan fingerprint density at radius 1 is 1.10 bits per heavy atom. The molecule has 2 aromatic carbocycles. The summed E-state index contributed by atoms with van der Waals surface area (Å²) in [6.07, 6.45) is 1.73. The van der Waals surface area contributed by atoms with Crippen molar-refractivity contribution in [2.75, 3.05) is 20.8 Å². The third-order valence-electron chi connectivity index (χ3n) is 4.33. The van der Waals surface area contributed by atoms with E-state index in [1.165, 1.54) is 25.6 Å². The molecule has 0 aliphatic rings. The quantitative estimate of drug-likeness (QED) is 0.424. The normalized spacial score (nSPS) is 11.4. The Bertz CT molecular complexity index is 1180. The van der Waals surface area contributed by atoms with Crippen molar-refractivity contribution < 1.29 is 23.8 Å². The molecular formula is C22H22N2O5S. The molecule has 0 N–H and O–H groups in total. The van der Waals surface area contributed by atoms with Crippen LogP contribution in [-0.4, -0.2) is 37.3 Å². The van der Waals surface area contributed by atoms with Crippen molar-refractivity contribution in [3.63, 3.8) is 0 Å². The van der Waals surface area contributed by atoms with E-state index in [4.69, 9.17) is 14.2 Å². The van der Waals surface area contributed by atoms with Gasteiger partial charge in [0.05, 0.1) is 36.6 Å². The molecule has 0 unspecified atom stereocenters. The molecule has 0 aliphatic heterocycles. The zero-order valence-corrected chi connectivity index (χ0v) is 17.8. The molecule has 0 radical (unpaired) electrons. The maximum absolute atomic E-state index is 12.8. The van der Waals surface area contributed by atoms with Crippen molar-refractivity contribution in [3.05, 3.63) is 65.0 Å². The summed E-state index contributed by atoms with van der Waals surface area (Å²) < 4.78 is 18.2. The lowest BCUT2D eigenvalue weighted by atomic mass is 10.2. The van der Waals surface area contributed by atoms with Gasteiger partial charge in [-0.25, -0.2) is 4.79 Å². The molecule has 1 amide bonds. The largest absolute Gasteiger partial charge is 0.493 e.